The van der Waals surface area contributed by atoms with Gasteiger partial charge in [-0.2, -0.15) is 9.67 Å². The van der Waals surface area contributed by atoms with Crippen molar-refractivity contribution in [2.45, 2.75) is 13.8 Å². The lowest BCUT2D eigenvalue weighted by Crippen LogP contribution is -2.09. The molecule has 0 aliphatic heterocycles. The van der Waals surface area contributed by atoms with Crippen LogP contribution in [0.4, 0.5) is 11.9 Å². The molecule has 0 atom stereocenters. The summed E-state index contributed by atoms with van der Waals surface area (Å²) in [7, 11) is 0. The van der Waals surface area contributed by atoms with Gasteiger partial charge in [-0.3, -0.25) is 0 Å². The molecular weight excluding hydrogens is 294 g/mol. The summed E-state index contributed by atoms with van der Waals surface area (Å²) in [6.07, 6.45) is 0. The highest BCUT2D eigenvalue weighted by molar-refractivity contribution is 9.10. The van der Waals surface area contributed by atoms with Gasteiger partial charge in [0.05, 0.1) is 5.69 Å². The highest BCUT2D eigenvalue weighted by atomic mass is 79.9. The molecule has 0 spiro atoms. The summed E-state index contributed by atoms with van der Waals surface area (Å²) in [4.78, 5) is 4.20. The van der Waals surface area contributed by atoms with E-state index >= 15 is 0 Å². The van der Waals surface area contributed by atoms with E-state index in [9.17, 15) is 0 Å². The number of halogens is 1. The first-order valence-electron chi connectivity index (χ1n) is 5.79. The molecule has 0 saturated carbocycles. The van der Waals surface area contributed by atoms with Crippen LogP contribution in [-0.2, 0) is 0 Å². The van der Waals surface area contributed by atoms with Gasteiger partial charge >= 0.3 is 0 Å². The number of aromatic nitrogens is 3. The lowest BCUT2D eigenvalue weighted by Gasteiger charge is -2.05. The number of hydrogen-bond donors (Lipinski definition) is 2. The van der Waals surface area contributed by atoms with E-state index < -0.39 is 0 Å². The van der Waals surface area contributed by atoms with Crippen molar-refractivity contribution in [1.82, 2.24) is 14.8 Å². The van der Waals surface area contributed by atoms with Crippen LogP contribution >= 0.6 is 15.9 Å². The second-order valence-electron chi connectivity index (χ2n) is 4.43. The lowest BCUT2D eigenvalue weighted by atomic mass is 10.2. The third kappa shape index (κ3) is 2.81. The average Bonchev–Trinajstić information content (AvgIpc) is 2.69. The van der Waals surface area contributed by atoms with Crippen LogP contribution in [0.1, 0.15) is 13.8 Å². The van der Waals surface area contributed by atoms with Gasteiger partial charge in [-0.25, -0.2) is 0 Å². The molecule has 96 valence electrons. The van der Waals surface area contributed by atoms with Crippen molar-refractivity contribution in [3.8, 4) is 5.69 Å². The van der Waals surface area contributed by atoms with E-state index in [1.165, 1.54) is 0 Å². The Kier molecular flexibility index (Phi) is 3.86. The molecule has 6 heteroatoms. The maximum atomic E-state index is 5.88. The predicted molar refractivity (Wildman–Crippen MR) is 76.8 cm³/mol. The number of nitrogen functional groups attached to an aromatic ring is 1. The fraction of sp³-hybridized carbons (Fsp3) is 0.333. The monoisotopic (exact) mass is 309 g/mol. The Bertz CT molecular complexity index is 535. The molecule has 1 aromatic heterocycles. The number of rotatable bonds is 4. The van der Waals surface area contributed by atoms with Crippen molar-refractivity contribution < 1.29 is 0 Å². The number of nitrogens with one attached hydrogen (secondary N) is 1. The lowest BCUT2D eigenvalue weighted by molar-refractivity contribution is 0.684. The van der Waals surface area contributed by atoms with Crippen molar-refractivity contribution in [2.75, 3.05) is 17.6 Å². The number of nitrogens with two attached hydrogens (primary N) is 1. The molecule has 0 fully saturated rings. The molecule has 3 N–H and O–H groups in total. The van der Waals surface area contributed by atoms with E-state index in [4.69, 9.17) is 5.73 Å². The minimum atomic E-state index is 0.369. The number of anilines is 2. The Hall–Kier alpha value is -1.56. The van der Waals surface area contributed by atoms with Gasteiger partial charge in [0, 0.05) is 11.0 Å². The van der Waals surface area contributed by atoms with Crippen LogP contribution in [0.2, 0.25) is 0 Å². The number of benzene rings is 1. The first kappa shape index (κ1) is 12.9. The van der Waals surface area contributed by atoms with Crippen LogP contribution < -0.4 is 11.1 Å². The standard InChI is InChI=1S/C12H16BrN5/c1-8(2)7-15-12-16-11(14)18(17-12)10-6-4-3-5-9(10)13/h3-6,8H,7H2,1-2H3,(H3,14,15,16,17). The van der Waals surface area contributed by atoms with Crippen LogP contribution in [0.5, 0.6) is 0 Å². The highest BCUT2D eigenvalue weighted by Crippen LogP contribution is 2.22. The maximum absolute atomic E-state index is 5.88. The van der Waals surface area contributed by atoms with Gasteiger partial charge in [-0.1, -0.05) is 26.0 Å². The van der Waals surface area contributed by atoms with E-state index in [0.29, 0.717) is 17.8 Å². The van der Waals surface area contributed by atoms with E-state index in [0.717, 1.165) is 16.7 Å². The summed E-state index contributed by atoms with van der Waals surface area (Å²) in [5, 5.41) is 7.51. The number of nitrogens with zero attached hydrogens (tertiary/aromatic N) is 3. The summed E-state index contributed by atoms with van der Waals surface area (Å²) in [5.41, 5.74) is 6.75. The molecule has 2 rings (SSSR count). The fourth-order valence-corrected chi connectivity index (χ4v) is 1.95. The molecular formula is C12H16BrN5. The Morgan fingerprint density at radius 2 is 2.11 bits per heavy atom. The molecule has 0 saturated heterocycles. The van der Waals surface area contributed by atoms with Gasteiger partial charge in [-0.05, 0) is 34.0 Å². The summed E-state index contributed by atoms with van der Waals surface area (Å²) in [6.45, 7) is 5.07. The van der Waals surface area contributed by atoms with Crippen LogP contribution in [0, 0.1) is 5.92 Å². The summed E-state index contributed by atoms with van der Waals surface area (Å²) in [5.74, 6) is 1.45. The Morgan fingerprint density at radius 3 is 2.78 bits per heavy atom. The third-order valence-electron chi connectivity index (χ3n) is 2.38. The molecule has 18 heavy (non-hydrogen) atoms. The van der Waals surface area contributed by atoms with E-state index in [-0.39, 0.29) is 0 Å². The summed E-state index contributed by atoms with van der Waals surface area (Å²) < 4.78 is 2.55. The molecule has 2 aromatic rings. The van der Waals surface area contributed by atoms with Crippen molar-refractivity contribution in [1.29, 1.82) is 0 Å². The summed E-state index contributed by atoms with van der Waals surface area (Å²) in [6, 6.07) is 7.75. The zero-order valence-corrected chi connectivity index (χ0v) is 12.0. The second-order valence-corrected chi connectivity index (χ2v) is 5.29. The van der Waals surface area contributed by atoms with Crippen molar-refractivity contribution in [2.24, 2.45) is 5.92 Å². The number of para-hydroxylation sites is 1. The molecule has 0 aliphatic carbocycles. The Morgan fingerprint density at radius 1 is 1.39 bits per heavy atom. The molecule has 0 aliphatic rings. The predicted octanol–water partition coefficient (Wildman–Crippen LogP) is 2.68. The topological polar surface area (TPSA) is 68.8 Å². The van der Waals surface area contributed by atoms with Gasteiger partial charge < -0.3 is 11.1 Å². The zero-order chi connectivity index (χ0) is 13.1. The second kappa shape index (κ2) is 5.39. The number of hydrogen-bond acceptors (Lipinski definition) is 4. The SMILES string of the molecule is CC(C)CNc1nc(N)n(-c2ccccc2Br)n1. The molecule has 0 amide bonds. The molecule has 1 aromatic carbocycles. The fourth-order valence-electron chi connectivity index (χ4n) is 1.50. The van der Waals surface area contributed by atoms with Gasteiger partial charge in [0.15, 0.2) is 0 Å². The van der Waals surface area contributed by atoms with Crippen molar-refractivity contribution >= 4 is 27.8 Å². The quantitative estimate of drug-likeness (QED) is 0.911. The van der Waals surface area contributed by atoms with E-state index in [1.807, 2.05) is 24.3 Å². The molecule has 0 radical (unpaired) electrons. The van der Waals surface area contributed by atoms with Crippen LogP contribution in [0.15, 0.2) is 28.7 Å². The minimum absolute atomic E-state index is 0.369. The van der Waals surface area contributed by atoms with E-state index in [2.05, 4.69) is 45.2 Å². The van der Waals surface area contributed by atoms with Crippen LogP contribution in [-0.4, -0.2) is 21.3 Å². The van der Waals surface area contributed by atoms with Crippen LogP contribution in [0.25, 0.3) is 5.69 Å². The third-order valence-corrected chi connectivity index (χ3v) is 3.05. The van der Waals surface area contributed by atoms with Crippen molar-refractivity contribution in [3.63, 3.8) is 0 Å². The average molecular weight is 310 g/mol. The van der Waals surface area contributed by atoms with Crippen LogP contribution in [0.3, 0.4) is 0 Å². The Balaban J connectivity index is 2.27. The molecule has 1 heterocycles. The molecule has 0 bridgehead atoms. The van der Waals surface area contributed by atoms with Gasteiger partial charge in [-0.15, -0.1) is 5.10 Å². The maximum Gasteiger partial charge on any atom is 0.244 e. The largest absolute Gasteiger partial charge is 0.368 e. The highest BCUT2D eigenvalue weighted by Gasteiger charge is 2.10. The molecule has 0 unspecified atom stereocenters. The first-order valence-corrected chi connectivity index (χ1v) is 6.58. The van der Waals surface area contributed by atoms with E-state index in [1.54, 1.807) is 4.68 Å². The summed E-state index contributed by atoms with van der Waals surface area (Å²) >= 11 is 3.47. The van der Waals surface area contributed by atoms with Gasteiger partial charge in [0.25, 0.3) is 0 Å². The van der Waals surface area contributed by atoms with Gasteiger partial charge in [0.1, 0.15) is 0 Å². The Labute approximate surface area is 115 Å². The smallest absolute Gasteiger partial charge is 0.244 e. The van der Waals surface area contributed by atoms with Gasteiger partial charge in [0.2, 0.25) is 11.9 Å². The first-order chi connectivity index (χ1) is 8.58. The zero-order valence-electron chi connectivity index (χ0n) is 10.4. The minimum Gasteiger partial charge on any atom is -0.368 e. The van der Waals surface area contributed by atoms with Crippen molar-refractivity contribution in [3.05, 3.63) is 28.7 Å². The molecule has 5 nitrogen and oxygen atoms in total. The normalized spacial score (nSPS) is 10.9.